The molecule has 1 aromatic carbocycles. The van der Waals surface area contributed by atoms with Crippen molar-refractivity contribution in [3.8, 4) is 0 Å². The highest BCUT2D eigenvalue weighted by Gasteiger charge is 2.32. The topological polar surface area (TPSA) is 15.3 Å². The Morgan fingerprint density at radius 1 is 1.17 bits per heavy atom. The van der Waals surface area contributed by atoms with Crippen molar-refractivity contribution < 1.29 is 17.6 Å². The van der Waals surface area contributed by atoms with Crippen molar-refractivity contribution in [2.45, 2.75) is 44.8 Å². The third-order valence-electron chi connectivity index (χ3n) is 4.36. The molecule has 0 saturated carbocycles. The fraction of sp³-hybridized carbons (Fsp3) is 0.647. The van der Waals surface area contributed by atoms with E-state index < -0.39 is 17.6 Å². The minimum Gasteiger partial charge on any atom is -0.314 e. The largest absolute Gasteiger partial charge is 0.416 e. The summed E-state index contributed by atoms with van der Waals surface area (Å²) in [5, 5.41) is 3.25. The summed E-state index contributed by atoms with van der Waals surface area (Å²) in [4.78, 5) is 2.18. The first-order chi connectivity index (χ1) is 10.9. The SMILES string of the molecule is CCCCC[C@@H](c1ccc(C(F)(F)F)cc1F)N1CCNCC1.Cl. The molecule has 1 aromatic rings. The molecule has 2 rings (SSSR count). The lowest BCUT2D eigenvalue weighted by molar-refractivity contribution is -0.137. The van der Waals surface area contributed by atoms with E-state index in [0.717, 1.165) is 57.9 Å². The molecule has 2 nitrogen and oxygen atoms in total. The van der Waals surface area contributed by atoms with Crippen molar-refractivity contribution in [3.05, 3.63) is 35.1 Å². The summed E-state index contributed by atoms with van der Waals surface area (Å²) < 4.78 is 52.5. The van der Waals surface area contributed by atoms with Crippen LogP contribution in [-0.4, -0.2) is 31.1 Å². The Kier molecular flexibility index (Phi) is 8.46. The first-order valence-corrected chi connectivity index (χ1v) is 8.25. The summed E-state index contributed by atoms with van der Waals surface area (Å²) in [5.74, 6) is -0.750. The average Bonchev–Trinajstić information content (AvgIpc) is 2.52. The van der Waals surface area contributed by atoms with Crippen LogP contribution in [-0.2, 0) is 6.18 Å². The number of hydrogen-bond acceptors (Lipinski definition) is 2. The van der Waals surface area contributed by atoms with Crippen molar-refractivity contribution >= 4 is 12.4 Å². The van der Waals surface area contributed by atoms with E-state index in [1.807, 2.05) is 0 Å². The van der Waals surface area contributed by atoms with Crippen LogP contribution < -0.4 is 5.32 Å². The summed E-state index contributed by atoms with van der Waals surface area (Å²) in [5.41, 5.74) is -0.539. The highest BCUT2D eigenvalue weighted by Crippen LogP contribution is 2.34. The lowest BCUT2D eigenvalue weighted by Gasteiger charge is -2.35. The van der Waals surface area contributed by atoms with Gasteiger partial charge < -0.3 is 5.32 Å². The lowest BCUT2D eigenvalue weighted by Crippen LogP contribution is -2.45. The maximum absolute atomic E-state index is 14.4. The number of rotatable bonds is 6. The standard InChI is InChI=1S/C17H24F4N2.ClH/c1-2-3-4-5-16(23-10-8-22-9-11-23)14-7-6-13(12-15(14)18)17(19,20)21;/h6-7,12,16,22H,2-5,8-11H2,1H3;1H/t16-;/m0./s1. The number of alkyl halides is 3. The molecule has 7 heteroatoms. The van der Waals surface area contributed by atoms with Gasteiger partial charge in [-0.1, -0.05) is 32.3 Å². The maximum Gasteiger partial charge on any atom is 0.416 e. The zero-order valence-electron chi connectivity index (χ0n) is 13.8. The van der Waals surface area contributed by atoms with Crippen LogP contribution >= 0.6 is 12.4 Å². The third kappa shape index (κ3) is 5.60. The van der Waals surface area contributed by atoms with E-state index in [1.54, 1.807) is 0 Å². The van der Waals surface area contributed by atoms with E-state index in [1.165, 1.54) is 6.07 Å². The molecule has 1 fully saturated rings. The van der Waals surface area contributed by atoms with Crippen molar-refractivity contribution in [2.75, 3.05) is 26.2 Å². The van der Waals surface area contributed by atoms with Crippen LogP contribution in [0.15, 0.2) is 18.2 Å². The van der Waals surface area contributed by atoms with Gasteiger partial charge in [-0.25, -0.2) is 4.39 Å². The summed E-state index contributed by atoms with van der Waals surface area (Å²) in [6.45, 7) is 5.33. The first-order valence-electron chi connectivity index (χ1n) is 8.25. The Morgan fingerprint density at radius 3 is 2.38 bits per heavy atom. The highest BCUT2D eigenvalue weighted by molar-refractivity contribution is 5.85. The molecule has 1 aliphatic heterocycles. The smallest absolute Gasteiger partial charge is 0.314 e. The van der Waals surface area contributed by atoms with E-state index in [9.17, 15) is 17.6 Å². The lowest BCUT2D eigenvalue weighted by atomic mass is 9.96. The zero-order chi connectivity index (χ0) is 16.9. The summed E-state index contributed by atoms with van der Waals surface area (Å²) in [7, 11) is 0. The van der Waals surface area contributed by atoms with Crippen LogP contribution in [0, 0.1) is 5.82 Å². The molecular formula is C17H25ClF4N2. The number of benzene rings is 1. The zero-order valence-corrected chi connectivity index (χ0v) is 14.7. The second-order valence-electron chi connectivity index (χ2n) is 6.03. The van der Waals surface area contributed by atoms with Gasteiger partial charge in [0.1, 0.15) is 5.82 Å². The molecule has 0 unspecified atom stereocenters. The van der Waals surface area contributed by atoms with Crippen LogP contribution in [0.25, 0.3) is 0 Å². The van der Waals surface area contributed by atoms with Crippen molar-refractivity contribution in [3.63, 3.8) is 0 Å². The van der Waals surface area contributed by atoms with E-state index >= 15 is 0 Å². The molecule has 1 N–H and O–H groups in total. The molecule has 0 spiro atoms. The highest BCUT2D eigenvalue weighted by atomic mass is 35.5. The molecule has 24 heavy (non-hydrogen) atoms. The van der Waals surface area contributed by atoms with Gasteiger partial charge in [-0.2, -0.15) is 13.2 Å². The van der Waals surface area contributed by atoms with Crippen molar-refractivity contribution in [2.24, 2.45) is 0 Å². The minimum absolute atomic E-state index is 0. The minimum atomic E-state index is -4.51. The van der Waals surface area contributed by atoms with Crippen molar-refractivity contribution in [1.29, 1.82) is 0 Å². The van der Waals surface area contributed by atoms with E-state index in [4.69, 9.17) is 0 Å². The summed E-state index contributed by atoms with van der Waals surface area (Å²) >= 11 is 0. The molecule has 0 aliphatic carbocycles. The predicted molar refractivity (Wildman–Crippen MR) is 90.0 cm³/mol. The van der Waals surface area contributed by atoms with Gasteiger partial charge in [0.25, 0.3) is 0 Å². The second kappa shape index (κ2) is 9.59. The second-order valence-corrected chi connectivity index (χ2v) is 6.03. The Balaban J connectivity index is 0.00000288. The van der Waals surface area contributed by atoms with E-state index in [0.29, 0.717) is 11.6 Å². The molecular weight excluding hydrogens is 344 g/mol. The van der Waals surface area contributed by atoms with E-state index in [-0.39, 0.29) is 18.4 Å². The van der Waals surface area contributed by atoms with Gasteiger partial charge in [-0.05, 0) is 18.6 Å². The fourth-order valence-corrected chi connectivity index (χ4v) is 3.09. The Bertz CT molecular complexity index is 502. The van der Waals surface area contributed by atoms with Gasteiger partial charge in [0.05, 0.1) is 5.56 Å². The first kappa shape index (κ1) is 21.2. The van der Waals surface area contributed by atoms with Gasteiger partial charge in [0.2, 0.25) is 0 Å². The van der Waals surface area contributed by atoms with Gasteiger partial charge in [-0.3, -0.25) is 4.90 Å². The van der Waals surface area contributed by atoms with Gasteiger partial charge in [0, 0.05) is 37.8 Å². The van der Waals surface area contributed by atoms with Gasteiger partial charge >= 0.3 is 6.18 Å². The molecule has 138 valence electrons. The van der Waals surface area contributed by atoms with Crippen LogP contribution in [0.5, 0.6) is 0 Å². The number of nitrogens with one attached hydrogen (secondary N) is 1. The average molecular weight is 369 g/mol. The van der Waals surface area contributed by atoms with Crippen molar-refractivity contribution in [1.82, 2.24) is 10.2 Å². The molecule has 0 bridgehead atoms. The molecule has 0 radical (unpaired) electrons. The molecule has 0 aromatic heterocycles. The quantitative estimate of drug-likeness (QED) is 0.573. The van der Waals surface area contributed by atoms with E-state index in [2.05, 4.69) is 17.1 Å². The van der Waals surface area contributed by atoms with Gasteiger partial charge in [0.15, 0.2) is 0 Å². The number of unbranched alkanes of at least 4 members (excludes halogenated alkanes) is 2. The molecule has 1 saturated heterocycles. The van der Waals surface area contributed by atoms with Crippen LogP contribution in [0.1, 0.15) is 49.8 Å². The number of nitrogens with zero attached hydrogens (tertiary/aromatic N) is 1. The van der Waals surface area contributed by atoms with Gasteiger partial charge in [-0.15, -0.1) is 12.4 Å². The summed E-state index contributed by atoms with van der Waals surface area (Å²) in [6, 6.07) is 2.79. The number of hydrogen-bond donors (Lipinski definition) is 1. The Hall–Kier alpha value is -0.850. The van der Waals surface area contributed by atoms with Crippen LogP contribution in [0.4, 0.5) is 17.6 Å². The number of piperazine rings is 1. The summed E-state index contributed by atoms with van der Waals surface area (Å²) in [6.07, 6.45) is -0.678. The van der Waals surface area contributed by atoms with Crippen LogP contribution in [0.3, 0.4) is 0 Å². The Morgan fingerprint density at radius 2 is 1.83 bits per heavy atom. The van der Waals surface area contributed by atoms with Crippen LogP contribution in [0.2, 0.25) is 0 Å². The molecule has 1 heterocycles. The molecule has 0 amide bonds. The maximum atomic E-state index is 14.4. The normalized spacial score (nSPS) is 17.4. The Labute approximate surface area is 147 Å². The molecule has 1 atom stereocenters. The monoisotopic (exact) mass is 368 g/mol. The number of halogens is 5. The third-order valence-corrected chi connectivity index (χ3v) is 4.36. The predicted octanol–water partition coefficient (Wildman–Crippen LogP) is 4.79. The molecule has 1 aliphatic rings. The fourth-order valence-electron chi connectivity index (χ4n) is 3.09.